The molecule has 6 rings (SSSR count). The van der Waals surface area contributed by atoms with E-state index in [1.54, 1.807) is 7.11 Å². The standard InChI is InChI=1S/C21H28N2O2/c1-25-19-12-23(13-19)18-4-2-17(3-5-18)22-20(24)21-9-14-6-15(10-21)8-16(7-14)11-21/h2-5,14-16,19H,6-13H2,1H3,(H,22,24). The lowest BCUT2D eigenvalue weighted by Gasteiger charge is -2.55. The first-order valence-electron chi connectivity index (χ1n) is 9.83. The van der Waals surface area contributed by atoms with Crippen molar-refractivity contribution in [2.45, 2.75) is 44.6 Å². The van der Waals surface area contributed by atoms with Crippen LogP contribution in [0.5, 0.6) is 0 Å². The summed E-state index contributed by atoms with van der Waals surface area (Å²) in [5.41, 5.74) is 2.07. The highest BCUT2D eigenvalue weighted by molar-refractivity contribution is 5.95. The first-order valence-corrected chi connectivity index (χ1v) is 9.83. The molecule has 25 heavy (non-hydrogen) atoms. The monoisotopic (exact) mass is 340 g/mol. The van der Waals surface area contributed by atoms with E-state index in [9.17, 15) is 4.79 Å². The van der Waals surface area contributed by atoms with Crippen LogP contribution in [-0.2, 0) is 9.53 Å². The van der Waals surface area contributed by atoms with Crippen molar-refractivity contribution in [3.63, 3.8) is 0 Å². The molecule has 1 aromatic carbocycles. The maximum atomic E-state index is 13.1. The quantitative estimate of drug-likeness (QED) is 0.909. The first-order chi connectivity index (χ1) is 12.1. The number of benzene rings is 1. The van der Waals surface area contributed by atoms with Crippen molar-refractivity contribution in [1.29, 1.82) is 0 Å². The van der Waals surface area contributed by atoms with Gasteiger partial charge in [0.05, 0.1) is 11.5 Å². The molecule has 0 aromatic heterocycles. The van der Waals surface area contributed by atoms with Crippen LogP contribution in [0, 0.1) is 23.2 Å². The number of carbonyl (C=O) groups is 1. The van der Waals surface area contributed by atoms with Crippen LogP contribution in [0.25, 0.3) is 0 Å². The summed E-state index contributed by atoms with van der Waals surface area (Å²) in [7, 11) is 1.77. The van der Waals surface area contributed by atoms with Crippen LogP contribution in [0.2, 0.25) is 0 Å². The summed E-state index contributed by atoms with van der Waals surface area (Å²) in [4.78, 5) is 15.4. The summed E-state index contributed by atoms with van der Waals surface area (Å²) >= 11 is 0. The maximum Gasteiger partial charge on any atom is 0.230 e. The topological polar surface area (TPSA) is 41.6 Å². The Bertz CT molecular complexity index is 628. The van der Waals surface area contributed by atoms with Crippen molar-refractivity contribution < 1.29 is 9.53 Å². The minimum absolute atomic E-state index is 0.0728. The van der Waals surface area contributed by atoms with Gasteiger partial charge in [-0.3, -0.25) is 4.79 Å². The molecule has 0 spiro atoms. The van der Waals surface area contributed by atoms with Gasteiger partial charge in [-0.05, 0) is 80.5 Å². The second-order valence-electron chi connectivity index (χ2n) is 8.96. The van der Waals surface area contributed by atoms with E-state index in [1.165, 1.54) is 24.9 Å². The average Bonchev–Trinajstić information content (AvgIpc) is 2.54. The summed E-state index contributed by atoms with van der Waals surface area (Å²) in [5, 5.41) is 3.24. The number of anilines is 2. The van der Waals surface area contributed by atoms with E-state index in [2.05, 4.69) is 22.3 Å². The van der Waals surface area contributed by atoms with Gasteiger partial charge in [0.25, 0.3) is 0 Å². The van der Waals surface area contributed by atoms with E-state index < -0.39 is 0 Å². The Morgan fingerprint density at radius 1 is 1.04 bits per heavy atom. The lowest BCUT2D eigenvalue weighted by molar-refractivity contribution is -0.140. The predicted molar refractivity (Wildman–Crippen MR) is 98.7 cm³/mol. The number of rotatable bonds is 4. The number of nitrogens with one attached hydrogen (secondary N) is 1. The van der Waals surface area contributed by atoms with Crippen molar-refractivity contribution in [1.82, 2.24) is 0 Å². The summed E-state index contributed by atoms with van der Waals surface area (Å²) in [5.74, 6) is 2.70. The summed E-state index contributed by atoms with van der Waals surface area (Å²) in [6.07, 6.45) is 7.84. The summed E-state index contributed by atoms with van der Waals surface area (Å²) < 4.78 is 5.33. The lowest BCUT2D eigenvalue weighted by Crippen LogP contribution is -2.52. The van der Waals surface area contributed by atoms with Crippen LogP contribution in [0.15, 0.2) is 24.3 Å². The smallest absolute Gasteiger partial charge is 0.230 e. The molecule has 4 nitrogen and oxygen atoms in total. The third-order valence-corrected chi connectivity index (χ3v) is 7.19. The van der Waals surface area contributed by atoms with Gasteiger partial charge in [-0.2, -0.15) is 0 Å². The molecular formula is C21H28N2O2. The molecule has 134 valence electrons. The van der Waals surface area contributed by atoms with Gasteiger partial charge in [0.2, 0.25) is 5.91 Å². The molecule has 1 aromatic rings. The molecule has 0 atom stereocenters. The van der Waals surface area contributed by atoms with Crippen molar-refractivity contribution in [2.75, 3.05) is 30.4 Å². The fourth-order valence-corrected chi connectivity index (χ4v) is 6.21. The molecule has 5 fully saturated rings. The minimum atomic E-state index is -0.0728. The third kappa shape index (κ3) is 2.66. The molecule has 4 heteroatoms. The van der Waals surface area contributed by atoms with E-state index in [0.29, 0.717) is 6.10 Å². The molecule has 5 aliphatic rings. The van der Waals surface area contributed by atoms with Crippen LogP contribution in [0.4, 0.5) is 11.4 Å². The summed E-state index contributed by atoms with van der Waals surface area (Å²) in [6.45, 7) is 1.91. The SMILES string of the molecule is COC1CN(c2ccc(NC(=O)C34CC5CC(CC(C5)C3)C4)cc2)C1. The van der Waals surface area contributed by atoms with Crippen molar-refractivity contribution in [3.05, 3.63) is 24.3 Å². The summed E-state index contributed by atoms with van der Waals surface area (Å²) in [6, 6.07) is 8.32. The molecule has 0 unspecified atom stereocenters. The zero-order valence-corrected chi connectivity index (χ0v) is 15.0. The lowest BCUT2D eigenvalue weighted by atomic mass is 9.49. The van der Waals surface area contributed by atoms with Gasteiger partial charge < -0.3 is 15.0 Å². The molecular weight excluding hydrogens is 312 g/mol. The molecule has 1 heterocycles. The van der Waals surface area contributed by atoms with Crippen molar-refractivity contribution in [3.8, 4) is 0 Å². The van der Waals surface area contributed by atoms with Crippen LogP contribution in [0.3, 0.4) is 0 Å². The second kappa shape index (κ2) is 5.73. The number of hydrogen-bond donors (Lipinski definition) is 1. The highest BCUT2D eigenvalue weighted by atomic mass is 16.5. The van der Waals surface area contributed by atoms with Crippen LogP contribution in [-0.4, -0.2) is 32.2 Å². The largest absolute Gasteiger partial charge is 0.378 e. The molecule has 4 saturated carbocycles. The second-order valence-corrected chi connectivity index (χ2v) is 8.96. The Balaban J connectivity index is 1.25. The molecule has 4 aliphatic carbocycles. The third-order valence-electron chi connectivity index (χ3n) is 7.19. The normalized spacial score (nSPS) is 36.4. The number of hydrogen-bond acceptors (Lipinski definition) is 3. The van der Waals surface area contributed by atoms with Crippen LogP contribution >= 0.6 is 0 Å². The zero-order chi connectivity index (χ0) is 17.0. The Kier molecular flexibility index (Phi) is 3.60. The van der Waals surface area contributed by atoms with Gasteiger partial charge in [0.15, 0.2) is 0 Å². The van der Waals surface area contributed by atoms with Crippen LogP contribution < -0.4 is 10.2 Å². The Labute approximate surface area is 149 Å². The molecule has 1 N–H and O–H groups in total. The van der Waals surface area contributed by atoms with Crippen LogP contribution in [0.1, 0.15) is 38.5 Å². The number of methoxy groups -OCH3 is 1. The van der Waals surface area contributed by atoms with Gasteiger partial charge in [0.1, 0.15) is 0 Å². The number of ether oxygens (including phenoxy) is 1. The van der Waals surface area contributed by atoms with E-state index >= 15 is 0 Å². The van der Waals surface area contributed by atoms with E-state index in [1.807, 2.05) is 12.1 Å². The minimum Gasteiger partial charge on any atom is -0.378 e. The molecule has 1 aliphatic heterocycles. The van der Waals surface area contributed by atoms with Crippen molar-refractivity contribution >= 4 is 17.3 Å². The van der Waals surface area contributed by atoms with Gasteiger partial charge in [0, 0.05) is 31.6 Å². The van der Waals surface area contributed by atoms with E-state index in [0.717, 1.165) is 55.8 Å². The fourth-order valence-electron chi connectivity index (χ4n) is 6.21. The highest BCUT2D eigenvalue weighted by Crippen LogP contribution is 2.60. The number of amides is 1. The Hall–Kier alpha value is -1.55. The number of nitrogens with zero attached hydrogens (tertiary/aromatic N) is 1. The highest BCUT2D eigenvalue weighted by Gasteiger charge is 2.54. The maximum absolute atomic E-state index is 13.1. The predicted octanol–water partition coefficient (Wildman–Crippen LogP) is 3.68. The van der Waals surface area contributed by atoms with Gasteiger partial charge in [-0.15, -0.1) is 0 Å². The van der Waals surface area contributed by atoms with E-state index in [-0.39, 0.29) is 11.3 Å². The van der Waals surface area contributed by atoms with Crippen molar-refractivity contribution in [2.24, 2.45) is 23.2 Å². The molecule has 0 radical (unpaired) electrons. The Morgan fingerprint density at radius 3 is 2.12 bits per heavy atom. The molecule has 4 bridgehead atoms. The first kappa shape index (κ1) is 15.7. The average molecular weight is 340 g/mol. The van der Waals surface area contributed by atoms with Gasteiger partial charge in [-0.1, -0.05) is 0 Å². The molecule has 1 saturated heterocycles. The molecule has 1 amide bonds. The van der Waals surface area contributed by atoms with Gasteiger partial charge >= 0.3 is 0 Å². The Morgan fingerprint density at radius 2 is 1.60 bits per heavy atom. The number of carbonyl (C=O) groups excluding carboxylic acids is 1. The zero-order valence-electron chi connectivity index (χ0n) is 15.0. The van der Waals surface area contributed by atoms with Gasteiger partial charge in [-0.25, -0.2) is 0 Å². The fraction of sp³-hybridized carbons (Fsp3) is 0.667. The van der Waals surface area contributed by atoms with E-state index in [4.69, 9.17) is 4.74 Å².